The molecule has 0 aliphatic heterocycles. The van der Waals surface area contributed by atoms with Crippen LogP contribution in [0.5, 0.6) is 0 Å². The van der Waals surface area contributed by atoms with Gasteiger partial charge in [-0.15, -0.1) is 11.3 Å². The highest BCUT2D eigenvalue weighted by molar-refractivity contribution is 7.10. The second kappa shape index (κ2) is 3.43. The highest BCUT2D eigenvalue weighted by Crippen LogP contribution is 2.26. The van der Waals surface area contributed by atoms with Crippen LogP contribution < -0.4 is 5.73 Å². The highest BCUT2D eigenvalue weighted by atomic mass is 32.1. The van der Waals surface area contributed by atoms with Crippen molar-refractivity contribution >= 4 is 11.3 Å². The van der Waals surface area contributed by atoms with E-state index >= 15 is 0 Å². The van der Waals surface area contributed by atoms with Crippen molar-refractivity contribution < 1.29 is 0 Å². The number of aromatic nitrogens is 3. The van der Waals surface area contributed by atoms with E-state index < -0.39 is 0 Å². The summed E-state index contributed by atoms with van der Waals surface area (Å²) in [6.45, 7) is 3.91. The van der Waals surface area contributed by atoms with Crippen molar-refractivity contribution in [1.29, 1.82) is 0 Å². The summed E-state index contributed by atoms with van der Waals surface area (Å²) < 4.78 is 1.81. The summed E-state index contributed by atoms with van der Waals surface area (Å²) in [6, 6.07) is 1.95. The predicted octanol–water partition coefficient (Wildman–Crippen LogP) is 1.74. The van der Waals surface area contributed by atoms with E-state index in [4.69, 9.17) is 5.73 Å². The molecule has 15 heavy (non-hydrogen) atoms. The quantitative estimate of drug-likeness (QED) is 0.842. The van der Waals surface area contributed by atoms with Gasteiger partial charge < -0.3 is 5.73 Å². The summed E-state index contributed by atoms with van der Waals surface area (Å²) in [5.74, 6) is 0. The van der Waals surface area contributed by atoms with E-state index in [9.17, 15) is 0 Å². The van der Waals surface area contributed by atoms with Gasteiger partial charge in [0, 0.05) is 18.6 Å². The molecule has 0 fully saturated rings. The van der Waals surface area contributed by atoms with Crippen molar-refractivity contribution in [1.82, 2.24) is 14.8 Å². The van der Waals surface area contributed by atoms with E-state index in [2.05, 4.69) is 10.1 Å². The second-order valence-corrected chi connectivity index (χ2v) is 4.96. The number of hydrogen-bond donors (Lipinski definition) is 1. The molecule has 2 aromatic heterocycles. The average Bonchev–Trinajstić information content (AvgIpc) is 2.69. The maximum absolute atomic E-state index is 5.99. The molecule has 2 N–H and O–H groups in total. The standard InChI is InChI=1S/C10H14N4S/c1-10(2,11)9-13-7(6-15-9)8-4-5-12-14(8)3/h4-6H,11H2,1-3H3. The fourth-order valence-electron chi connectivity index (χ4n) is 1.31. The molecule has 0 radical (unpaired) electrons. The van der Waals surface area contributed by atoms with Gasteiger partial charge in [0.05, 0.1) is 16.9 Å². The molecule has 2 rings (SSSR count). The summed E-state index contributed by atoms with van der Waals surface area (Å²) in [7, 11) is 1.90. The van der Waals surface area contributed by atoms with Gasteiger partial charge in [0.25, 0.3) is 0 Å². The van der Waals surface area contributed by atoms with Crippen molar-refractivity contribution in [3.8, 4) is 11.4 Å². The normalized spacial score (nSPS) is 12.0. The Labute approximate surface area is 92.8 Å². The van der Waals surface area contributed by atoms with E-state index in [0.717, 1.165) is 16.4 Å². The lowest BCUT2D eigenvalue weighted by Gasteiger charge is -2.13. The van der Waals surface area contributed by atoms with E-state index in [1.54, 1.807) is 17.5 Å². The van der Waals surface area contributed by atoms with Crippen LogP contribution in [0.3, 0.4) is 0 Å². The molecule has 0 spiro atoms. The maximum atomic E-state index is 5.99. The van der Waals surface area contributed by atoms with Crippen LogP contribution in [0.2, 0.25) is 0 Å². The van der Waals surface area contributed by atoms with Crippen molar-refractivity contribution in [2.24, 2.45) is 12.8 Å². The number of thiazole rings is 1. The van der Waals surface area contributed by atoms with Crippen molar-refractivity contribution in [3.63, 3.8) is 0 Å². The van der Waals surface area contributed by atoms with Gasteiger partial charge in [0.15, 0.2) is 0 Å². The molecule has 0 amide bonds. The van der Waals surface area contributed by atoms with E-state index in [0.29, 0.717) is 0 Å². The molecule has 0 bridgehead atoms. The molecule has 2 heterocycles. The van der Waals surface area contributed by atoms with Crippen LogP contribution in [-0.2, 0) is 12.6 Å². The zero-order valence-corrected chi connectivity index (χ0v) is 9.88. The zero-order valence-electron chi connectivity index (χ0n) is 9.06. The average molecular weight is 222 g/mol. The van der Waals surface area contributed by atoms with Crippen LogP contribution in [-0.4, -0.2) is 14.8 Å². The molecule has 0 aromatic carbocycles. The van der Waals surface area contributed by atoms with Crippen molar-refractivity contribution in [2.75, 3.05) is 0 Å². The van der Waals surface area contributed by atoms with Crippen LogP contribution in [0.4, 0.5) is 0 Å². The summed E-state index contributed by atoms with van der Waals surface area (Å²) in [5, 5.41) is 7.07. The first-order valence-electron chi connectivity index (χ1n) is 4.72. The number of nitrogens with zero attached hydrogens (tertiary/aromatic N) is 3. The van der Waals surface area contributed by atoms with E-state index in [1.165, 1.54) is 0 Å². The summed E-state index contributed by atoms with van der Waals surface area (Å²) in [5.41, 5.74) is 7.57. The molecule has 0 aliphatic rings. The third-order valence-electron chi connectivity index (χ3n) is 2.14. The van der Waals surface area contributed by atoms with Crippen LogP contribution in [0.15, 0.2) is 17.6 Å². The Balaban J connectivity index is 2.41. The minimum atomic E-state index is -0.374. The molecular formula is C10H14N4S. The van der Waals surface area contributed by atoms with Gasteiger partial charge >= 0.3 is 0 Å². The van der Waals surface area contributed by atoms with Crippen LogP contribution in [0.25, 0.3) is 11.4 Å². The largest absolute Gasteiger partial charge is 0.320 e. The monoisotopic (exact) mass is 222 g/mol. The first-order valence-corrected chi connectivity index (χ1v) is 5.60. The van der Waals surface area contributed by atoms with Gasteiger partial charge in [-0.1, -0.05) is 0 Å². The predicted molar refractivity (Wildman–Crippen MR) is 61.5 cm³/mol. The molecule has 0 atom stereocenters. The lowest BCUT2D eigenvalue weighted by molar-refractivity contribution is 0.550. The zero-order chi connectivity index (χ0) is 11.1. The van der Waals surface area contributed by atoms with Gasteiger partial charge in [0.2, 0.25) is 0 Å². The second-order valence-electron chi connectivity index (χ2n) is 4.10. The third-order valence-corrected chi connectivity index (χ3v) is 3.32. The fraction of sp³-hybridized carbons (Fsp3) is 0.400. The molecule has 80 valence electrons. The van der Waals surface area contributed by atoms with Crippen LogP contribution in [0.1, 0.15) is 18.9 Å². The molecule has 5 heteroatoms. The third kappa shape index (κ3) is 1.93. The van der Waals surface area contributed by atoms with Gasteiger partial charge in [-0.25, -0.2) is 4.98 Å². The van der Waals surface area contributed by atoms with E-state index in [-0.39, 0.29) is 5.54 Å². The fourth-order valence-corrected chi connectivity index (χ4v) is 2.16. The van der Waals surface area contributed by atoms with E-state index in [1.807, 2.05) is 37.0 Å². The molecule has 0 saturated heterocycles. The van der Waals surface area contributed by atoms with Gasteiger partial charge in [-0.2, -0.15) is 5.10 Å². The first-order chi connectivity index (χ1) is 6.98. The molecule has 0 aliphatic carbocycles. The number of rotatable bonds is 2. The van der Waals surface area contributed by atoms with Crippen molar-refractivity contribution in [2.45, 2.75) is 19.4 Å². The maximum Gasteiger partial charge on any atom is 0.113 e. The van der Waals surface area contributed by atoms with Gasteiger partial charge in [0.1, 0.15) is 5.01 Å². The topological polar surface area (TPSA) is 56.7 Å². The summed E-state index contributed by atoms with van der Waals surface area (Å²) >= 11 is 1.59. The Bertz CT molecular complexity index is 464. The Kier molecular flexibility index (Phi) is 2.36. The Morgan fingerprint density at radius 3 is 2.67 bits per heavy atom. The highest BCUT2D eigenvalue weighted by Gasteiger charge is 2.19. The number of aryl methyl sites for hydroxylation is 1. The Hall–Kier alpha value is -1.20. The lowest BCUT2D eigenvalue weighted by atomic mass is 10.1. The van der Waals surface area contributed by atoms with Gasteiger partial charge in [-0.3, -0.25) is 4.68 Å². The smallest absolute Gasteiger partial charge is 0.113 e. The Morgan fingerprint density at radius 1 is 1.47 bits per heavy atom. The summed E-state index contributed by atoms with van der Waals surface area (Å²) in [6.07, 6.45) is 1.77. The number of hydrogen-bond acceptors (Lipinski definition) is 4. The minimum absolute atomic E-state index is 0.374. The van der Waals surface area contributed by atoms with Gasteiger partial charge in [-0.05, 0) is 19.9 Å². The summed E-state index contributed by atoms with van der Waals surface area (Å²) in [4.78, 5) is 4.52. The molecule has 0 unspecified atom stereocenters. The van der Waals surface area contributed by atoms with Crippen LogP contribution in [0, 0.1) is 0 Å². The SMILES string of the molecule is Cn1nccc1-c1csc(C(C)(C)N)n1. The van der Waals surface area contributed by atoms with Crippen LogP contribution >= 0.6 is 11.3 Å². The Morgan fingerprint density at radius 2 is 2.20 bits per heavy atom. The first kappa shape index (κ1) is 10.3. The lowest BCUT2D eigenvalue weighted by Crippen LogP contribution is -2.28. The van der Waals surface area contributed by atoms with Crippen molar-refractivity contribution in [3.05, 3.63) is 22.7 Å². The molecular weight excluding hydrogens is 208 g/mol. The molecule has 0 saturated carbocycles. The molecule has 2 aromatic rings. The molecule has 4 nitrogen and oxygen atoms in total. The number of nitrogens with two attached hydrogens (primary N) is 1. The minimum Gasteiger partial charge on any atom is -0.320 e.